The molecule has 1 heterocycles. The maximum absolute atomic E-state index is 9.65. The van der Waals surface area contributed by atoms with Crippen molar-refractivity contribution in [1.29, 1.82) is 0 Å². The molecule has 0 saturated heterocycles. The molecule has 3 nitrogen and oxygen atoms in total. The number of thiazole rings is 1. The SMILES string of the molecule is OCC1(NC2CC2)CCC(Sc2nccs2)C1. The summed E-state index contributed by atoms with van der Waals surface area (Å²) in [6.45, 7) is 0.276. The Morgan fingerprint density at radius 3 is 3.06 bits per heavy atom. The van der Waals surface area contributed by atoms with Crippen molar-refractivity contribution in [2.75, 3.05) is 6.61 Å². The molecule has 0 amide bonds. The normalized spacial score (nSPS) is 33.1. The van der Waals surface area contributed by atoms with E-state index in [9.17, 15) is 5.11 Å². The number of aromatic nitrogens is 1. The van der Waals surface area contributed by atoms with Gasteiger partial charge in [0.25, 0.3) is 0 Å². The molecule has 17 heavy (non-hydrogen) atoms. The lowest BCUT2D eigenvalue weighted by Crippen LogP contribution is -2.47. The molecule has 3 rings (SSSR count). The number of nitrogens with one attached hydrogen (secondary N) is 1. The standard InChI is InChI=1S/C12H18N2OS2/c15-8-12(14-9-1-2-9)4-3-10(7-12)17-11-13-5-6-16-11/h5-6,9-10,14-15H,1-4,7-8H2. The lowest BCUT2D eigenvalue weighted by Gasteiger charge is -2.28. The largest absolute Gasteiger partial charge is 0.394 e. The quantitative estimate of drug-likeness (QED) is 0.861. The highest BCUT2D eigenvalue weighted by atomic mass is 32.2. The van der Waals surface area contributed by atoms with Crippen LogP contribution in [0.5, 0.6) is 0 Å². The summed E-state index contributed by atoms with van der Waals surface area (Å²) < 4.78 is 1.16. The third-order valence-corrected chi connectivity index (χ3v) is 5.82. The first kappa shape index (κ1) is 12.0. The van der Waals surface area contributed by atoms with E-state index in [0.717, 1.165) is 17.2 Å². The average molecular weight is 270 g/mol. The van der Waals surface area contributed by atoms with Crippen molar-refractivity contribution in [3.63, 3.8) is 0 Å². The van der Waals surface area contributed by atoms with Crippen molar-refractivity contribution in [2.24, 2.45) is 0 Å². The molecule has 2 aliphatic carbocycles. The van der Waals surface area contributed by atoms with Crippen molar-refractivity contribution >= 4 is 23.1 Å². The molecule has 5 heteroatoms. The fraction of sp³-hybridized carbons (Fsp3) is 0.750. The van der Waals surface area contributed by atoms with Gasteiger partial charge in [0.05, 0.1) is 6.61 Å². The summed E-state index contributed by atoms with van der Waals surface area (Å²) in [5, 5.41) is 15.9. The number of thioether (sulfide) groups is 1. The summed E-state index contributed by atoms with van der Waals surface area (Å²) in [6.07, 6.45) is 7.79. The Labute approximate surface area is 110 Å². The van der Waals surface area contributed by atoms with E-state index in [1.165, 1.54) is 19.3 Å². The molecule has 2 aliphatic rings. The van der Waals surface area contributed by atoms with Gasteiger partial charge in [0.2, 0.25) is 0 Å². The predicted molar refractivity (Wildman–Crippen MR) is 71.6 cm³/mol. The lowest BCUT2D eigenvalue weighted by atomic mass is 9.99. The van der Waals surface area contributed by atoms with Crippen LogP contribution in [0.25, 0.3) is 0 Å². The predicted octanol–water partition coefficient (Wildman–Crippen LogP) is 2.27. The molecular weight excluding hydrogens is 252 g/mol. The lowest BCUT2D eigenvalue weighted by molar-refractivity contribution is 0.163. The van der Waals surface area contributed by atoms with E-state index in [4.69, 9.17) is 0 Å². The van der Waals surface area contributed by atoms with Gasteiger partial charge >= 0.3 is 0 Å². The van der Waals surface area contributed by atoms with Crippen molar-refractivity contribution in [2.45, 2.75) is 53.3 Å². The highest BCUT2D eigenvalue weighted by Gasteiger charge is 2.42. The Balaban J connectivity index is 1.59. The van der Waals surface area contributed by atoms with E-state index in [-0.39, 0.29) is 12.1 Å². The van der Waals surface area contributed by atoms with Gasteiger partial charge in [-0.25, -0.2) is 4.98 Å². The second kappa shape index (κ2) is 4.88. The maximum atomic E-state index is 9.65. The third kappa shape index (κ3) is 2.84. The molecule has 0 radical (unpaired) electrons. The summed E-state index contributed by atoms with van der Waals surface area (Å²) >= 11 is 3.59. The molecule has 0 spiro atoms. The highest BCUT2D eigenvalue weighted by molar-refractivity contribution is 8.01. The topological polar surface area (TPSA) is 45.1 Å². The van der Waals surface area contributed by atoms with Crippen LogP contribution in [0.15, 0.2) is 15.9 Å². The van der Waals surface area contributed by atoms with Crippen LogP contribution in [0.4, 0.5) is 0 Å². The van der Waals surface area contributed by atoms with E-state index < -0.39 is 0 Å². The minimum Gasteiger partial charge on any atom is -0.394 e. The van der Waals surface area contributed by atoms with E-state index in [0.29, 0.717) is 11.3 Å². The maximum Gasteiger partial charge on any atom is 0.150 e. The second-order valence-corrected chi connectivity index (χ2v) is 7.58. The van der Waals surface area contributed by atoms with E-state index in [1.807, 2.05) is 23.3 Å². The molecule has 0 bridgehead atoms. The van der Waals surface area contributed by atoms with Gasteiger partial charge in [-0.1, -0.05) is 11.8 Å². The smallest absolute Gasteiger partial charge is 0.150 e. The van der Waals surface area contributed by atoms with Crippen molar-refractivity contribution in [3.05, 3.63) is 11.6 Å². The molecule has 1 aromatic rings. The molecule has 0 aliphatic heterocycles. The van der Waals surface area contributed by atoms with Crippen LogP contribution in [-0.2, 0) is 0 Å². The van der Waals surface area contributed by atoms with Gasteiger partial charge in [-0.05, 0) is 32.1 Å². The third-order valence-electron chi connectivity index (χ3n) is 3.63. The van der Waals surface area contributed by atoms with Crippen LogP contribution < -0.4 is 5.32 Å². The number of aliphatic hydroxyl groups is 1. The van der Waals surface area contributed by atoms with Crippen LogP contribution in [0.1, 0.15) is 32.1 Å². The first-order chi connectivity index (χ1) is 8.30. The average Bonchev–Trinajstić information content (AvgIpc) is 2.84. The zero-order chi connectivity index (χ0) is 11.7. The van der Waals surface area contributed by atoms with Crippen LogP contribution in [0.2, 0.25) is 0 Å². The molecule has 0 aromatic carbocycles. The first-order valence-corrected chi connectivity index (χ1v) is 8.00. The fourth-order valence-electron chi connectivity index (χ4n) is 2.57. The van der Waals surface area contributed by atoms with Gasteiger partial charge in [0, 0.05) is 28.4 Å². The second-order valence-electron chi connectivity index (χ2n) is 5.14. The van der Waals surface area contributed by atoms with Crippen LogP contribution in [-0.4, -0.2) is 33.5 Å². The molecule has 94 valence electrons. The molecule has 2 unspecified atom stereocenters. The van der Waals surface area contributed by atoms with Crippen molar-refractivity contribution < 1.29 is 5.11 Å². The Morgan fingerprint density at radius 1 is 1.53 bits per heavy atom. The molecule has 1 aromatic heterocycles. The van der Waals surface area contributed by atoms with Crippen molar-refractivity contribution in [1.82, 2.24) is 10.3 Å². The van der Waals surface area contributed by atoms with Crippen molar-refractivity contribution in [3.8, 4) is 0 Å². The minimum atomic E-state index is -0.00388. The van der Waals surface area contributed by atoms with Gasteiger partial charge in [-0.15, -0.1) is 11.3 Å². The fourth-order valence-corrected chi connectivity index (χ4v) is 4.77. The Kier molecular flexibility index (Phi) is 3.43. The van der Waals surface area contributed by atoms with Crippen LogP contribution >= 0.6 is 23.1 Å². The Hall–Kier alpha value is -0.100. The van der Waals surface area contributed by atoms with Crippen LogP contribution in [0.3, 0.4) is 0 Å². The molecule has 2 saturated carbocycles. The summed E-state index contributed by atoms with van der Waals surface area (Å²) in [4.78, 5) is 4.33. The number of hydrogen-bond donors (Lipinski definition) is 2. The Bertz CT molecular complexity index is 367. The molecule has 2 fully saturated rings. The van der Waals surface area contributed by atoms with Gasteiger partial charge in [0.1, 0.15) is 4.34 Å². The first-order valence-electron chi connectivity index (χ1n) is 6.24. The zero-order valence-electron chi connectivity index (χ0n) is 9.76. The highest BCUT2D eigenvalue weighted by Crippen LogP contribution is 2.41. The molecular formula is C12H18N2OS2. The molecule has 2 N–H and O–H groups in total. The van der Waals surface area contributed by atoms with E-state index in [2.05, 4.69) is 10.3 Å². The monoisotopic (exact) mass is 270 g/mol. The minimum absolute atomic E-state index is 0.00388. The van der Waals surface area contributed by atoms with Gasteiger partial charge in [-0.2, -0.15) is 0 Å². The van der Waals surface area contributed by atoms with Gasteiger partial charge in [-0.3, -0.25) is 0 Å². The van der Waals surface area contributed by atoms with E-state index in [1.54, 1.807) is 11.3 Å². The van der Waals surface area contributed by atoms with Gasteiger partial charge < -0.3 is 10.4 Å². The summed E-state index contributed by atoms with van der Waals surface area (Å²) in [6, 6.07) is 0.672. The van der Waals surface area contributed by atoms with E-state index >= 15 is 0 Å². The summed E-state index contributed by atoms with van der Waals surface area (Å²) in [7, 11) is 0. The summed E-state index contributed by atoms with van der Waals surface area (Å²) in [5.41, 5.74) is -0.00388. The van der Waals surface area contributed by atoms with Crippen LogP contribution in [0, 0.1) is 0 Å². The number of hydrogen-bond acceptors (Lipinski definition) is 5. The molecule has 2 atom stereocenters. The zero-order valence-corrected chi connectivity index (χ0v) is 11.4. The summed E-state index contributed by atoms with van der Waals surface area (Å²) in [5.74, 6) is 0. The number of nitrogens with zero attached hydrogens (tertiary/aromatic N) is 1. The number of aliphatic hydroxyl groups excluding tert-OH is 1. The Morgan fingerprint density at radius 2 is 2.41 bits per heavy atom. The van der Waals surface area contributed by atoms with Gasteiger partial charge in [0.15, 0.2) is 0 Å². The number of rotatable bonds is 5.